The highest BCUT2D eigenvalue weighted by Gasteiger charge is 2.37. The van der Waals surface area contributed by atoms with Gasteiger partial charge in [-0.05, 0) is 52.5 Å². The number of nitrogens with one attached hydrogen (secondary N) is 2. The first-order valence-corrected chi connectivity index (χ1v) is 10.3. The van der Waals surface area contributed by atoms with E-state index in [1.807, 2.05) is 30.3 Å². The van der Waals surface area contributed by atoms with Gasteiger partial charge in [-0.25, -0.2) is 9.59 Å². The summed E-state index contributed by atoms with van der Waals surface area (Å²) in [6.07, 6.45) is 0.233. The molecule has 8 heteroatoms. The molecule has 1 aliphatic rings. The third-order valence-electron chi connectivity index (χ3n) is 4.69. The number of benzene rings is 1. The van der Waals surface area contributed by atoms with Gasteiger partial charge in [0.1, 0.15) is 12.2 Å². The smallest absolute Gasteiger partial charge is 0.407 e. The van der Waals surface area contributed by atoms with Crippen molar-refractivity contribution in [3.8, 4) is 0 Å². The molecule has 1 fully saturated rings. The summed E-state index contributed by atoms with van der Waals surface area (Å²) in [7, 11) is 0. The van der Waals surface area contributed by atoms with Crippen molar-refractivity contribution < 1.29 is 28.6 Å². The minimum Gasteiger partial charge on any atom is -0.466 e. The Labute approximate surface area is 177 Å². The third-order valence-corrected chi connectivity index (χ3v) is 4.69. The zero-order chi connectivity index (χ0) is 22.1. The minimum atomic E-state index is -0.656. The van der Waals surface area contributed by atoms with Crippen LogP contribution in [0.3, 0.4) is 0 Å². The summed E-state index contributed by atoms with van der Waals surface area (Å²) in [6, 6.07) is 8.49. The molecule has 0 saturated heterocycles. The number of hydrogen-bond acceptors (Lipinski definition) is 6. The molecule has 3 unspecified atom stereocenters. The van der Waals surface area contributed by atoms with Crippen molar-refractivity contribution in [3.63, 3.8) is 0 Å². The molecule has 8 nitrogen and oxygen atoms in total. The van der Waals surface area contributed by atoms with Gasteiger partial charge < -0.3 is 24.8 Å². The summed E-state index contributed by atoms with van der Waals surface area (Å²) in [5, 5.41) is 5.61. The van der Waals surface area contributed by atoms with Gasteiger partial charge >= 0.3 is 18.2 Å². The highest BCUT2D eigenvalue weighted by atomic mass is 16.6. The zero-order valence-corrected chi connectivity index (χ0v) is 18.1. The fourth-order valence-corrected chi connectivity index (χ4v) is 3.35. The van der Waals surface area contributed by atoms with Crippen LogP contribution >= 0.6 is 0 Å². The molecule has 2 amide bonds. The fraction of sp³-hybridized carbons (Fsp3) is 0.591. The van der Waals surface area contributed by atoms with Crippen LogP contribution < -0.4 is 10.6 Å². The molecule has 0 aromatic heterocycles. The van der Waals surface area contributed by atoms with Crippen molar-refractivity contribution in [1.29, 1.82) is 0 Å². The van der Waals surface area contributed by atoms with Gasteiger partial charge in [-0.15, -0.1) is 0 Å². The van der Waals surface area contributed by atoms with E-state index in [0.29, 0.717) is 25.9 Å². The molecule has 1 saturated carbocycles. The Morgan fingerprint density at radius 1 is 0.967 bits per heavy atom. The molecule has 2 N–H and O–H groups in total. The van der Waals surface area contributed by atoms with Gasteiger partial charge in [0.05, 0.1) is 24.6 Å². The fourth-order valence-electron chi connectivity index (χ4n) is 3.35. The number of carbonyl (C=O) groups is 3. The third kappa shape index (κ3) is 7.93. The van der Waals surface area contributed by atoms with E-state index in [9.17, 15) is 14.4 Å². The maximum atomic E-state index is 12.3. The highest BCUT2D eigenvalue weighted by Crippen LogP contribution is 2.26. The lowest BCUT2D eigenvalue weighted by atomic mass is 9.82. The van der Waals surface area contributed by atoms with Crippen LogP contribution in [0.4, 0.5) is 9.59 Å². The molecule has 0 bridgehead atoms. The molecule has 0 heterocycles. The van der Waals surface area contributed by atoms with Crippen molar-refractivity contribution in [2.45, 2.75) is 71.2 Å². The SMILES string of the molecule is CCOC(=O)C1CCC(NC(=O)OCc2ccccc2)C(NC(=O)OC(C)(C)C)C1. The molecular weight excluding hydrogens is 388 g/mol. The molecule has 0 spiro atoms. The molecule has 1 aromatic carbocycles. The van der Waals surface area contributed by atoms with Gasteiger partial charge in [0.15, 0.2) is 0 Å². The summed E-state index contributed by atoms with van der Waals surface area (Å²) < 4.78 is 15.7. The first-order valence-electron chi connectivity index (χ1n) is 10.3. The molecule has 166 valence electrons. The van der Waals surface area contributed by atoms with Crippen molar-refractivity contribution in [3.05, 3.63) is 35.9 Å². The van der Waals surface area contributed by atoms with Crippen LogP contribution in [0.2, 0.25) is 0 Å². The Balaban J connectivity index is 1.98. The number of amides is 2. The second kappa shape index (κ2) is 10.8. The first-order chi connectivity index (χ1) is 14.2. The van der Waals surface area contributed by atoms with E-state index in [1.54, 1.807) is 27.7 Å². The largest absolute Gasteiger partial charge is 0.466 e. The summed E-state index contributed by atoms with van der Waals surface area (Å²) in [5.41, 5.74) is 0.221. The highest BCUT2D eigenvalue weighted by molar-refractivity contribution is 5.74. The van der Waals surface area contributed by atoms with Crippen LogP contribution in [-0.4, -0.2) is 42.4 Å². The quantitative estimate of drug-likeness (QED) is 0.539. The normalized spacial score (nSPS) is 21.3. The monoisotopic (exact) mass is 420 g/mol. The van der Waals surface area contributed by atoms with E-state index in [-0.39, 0.29) is 24.5 Å². The van der Waals surface area contributed by atoms with E-state index in [4.69, 9.17) is 14.2 Å². The topological polar surface area (TPSA) is 103 Å². The number of hydrogen-bond donors (Lipinski definition) is 2. The van der Waals surface area contributed by atoms with Crippen LogP contribution in [-0.2, 0) is 25.6 Å². The maximum Gasteiger partial charge on any atom is 0.407 e. The Morgan fingerprint density at radius 3 is 2.27 bits per heavy atom. The molecule has 1 aliphatic carbocycles. The van der Waals surface area contributed by atoms with Gasteiger partial charge in [-0.2, -0.15) is 0 Å². The number of ether oxygens (including phenoxy) is 3. The summed E-state index contributed by atoms with van der Waals surface area (Å²) in [5.74, 6) is -0.637. The standard InChI is InChI=1S/C22H32N2O6/c1-5-28-19(25)16-11-12-17(18(13-16)24-21(27)30-22(2,3)4)23-20(26)29-14-15-9-7-6-8-10-15/h6-10,16-18H,5,11-14H2,1-4H3,(H,23,26)(H,24,27). The van der Waals surface area contributed by atoms with Crippen molar-refractivity contribution >= 4 is 18.2 Å². The van der Waals surface area contributed by atoms with Crippen LogP contribution in [0.5, 0.6) is 0 Å². The predicted molar refractivity (Wildman–Crippen MR) is 111 cm³/mol. The molecule has 0 aliphatic heterocycles. The van der Waals surface area contributed by atoms with E-state index >= 15 is 0 Å². The summed E-state index contributed by atoms with van der Waals surface area (Å²) in [6.45, 7) is 7.51. The number of rotatable bonds is 6. The van der Waals surface area contributed by atoms with Gasteiger partial charge in [-0.1, -0.05) is 30.3 Å². The second-order valence-electron chi connectivity index (χ2n) is 8.33. The van der Waals surface area contributed by atoms with Crippen LogP contribution in [0, 0.1) is 5.92 Å². The van der Waals surface area contributed by atoms with Crippen LogP contribution in [0.15, 0.2) is 30.3 Å². The summed E-state index contributed by atoms with van der Waals surface area (Å²) in [4.78, 5) is 36.7. The lowest BCUT2D eigenvalue weighted by Gasteiger charge is -2.36. The minimum absolute atomic E-state index is 0.148. The second-order valence-corrected chi connectivity index (χ2v) is 8.33. The number of alkyl carbamates (subject to hydrolysis) is 2. The lowest BCUT2D eigenvalue weighted by molar-refractivity contribution is -0.149. The Bertz CT molecular complexity index is 716. The molecule has 30 heavy (non-hydrogen) atoms. The van der Waals surface area contributed by atoms with Crippen LogP contribution in [0.25, 0.3) is 0 Å². The predicted octanol–water partition coefficient (Wildman–Crippen LogP) is 3.54. The van der Waals surface area contributed by atoms with E-state index < -0.39 is 23.8 Å². The van der Waals surface area contributed by atoms with Gasteiger partial charge in [0, 0.05) is 0 Å². The molecule has 3 atom stereocenters. The Kier molecular flexibility index (Phi) is 8.50. The van der Waals surface area contributed by atoms with Gasteiger partial charge in [0.2, 0.25) is 0 Å². The molecule has 1 aromatic rings. The Morgan fingerprint density at radius 2 is 1.63 bits per heavy atom. The molecule has 2 rings (SSSR count). The van der Waals surface area contributed by atoms with Crippen LogP contribution in [0.1, 0.15) is 52.5 Å². The maximum absolute atomic E-state index is 12.3. The Hall–Kier alpha value is -2.77. The average molecular weight is 421 g/mol. The van der Waals surface area contributed by atoms with Crippen molar-refractivity contribution in [1.82, 2.24) is 10.6 Å². The van der Waals surface area contributed by atoms with Crippen molar-refractivity contribution in [2.24, 2.45) is 5.92 Å². The zero-order valence-electron chi connectivity index (χ0n) is 18.1. The number of esters is 1. The van der Waals surface area contributed by atoms with E-state index in [0.717, 1.165) is 5.56 Å². The summed E-state index contributed by atoms with van der Waals surface area (Å²) >= 11 is 0. The lowest BCUT2D eigenvalue weighted by Crippen LogP contribution is -2.56. The van der Waals surface area contributed by atoms with E-state index in [2.05, 4.69) is 10.6 Å². The average Bonchev–Trinajstić information content (AvgIpc) is 2.67. The first kappa shape index (κ1) is 23.5. The van der Waals surface area contributed by atoms with Gasteiger partial charge in [0.25, 0.3) is 0 Å². The van der Waals surface area contributed by atoms with Gasteiger partial charge in [-0.3, -0.25) is 4.79 Å². The van der Waals surface area contributed by atoms with Crippen molar-refractivity contribution in [2.75, 3.05) is 6.61 Å². The van der Waals surface area contributed by atoms with E-state index in [1.165, 1.54) is 0 Å². The number of carbonyl (C=O) groups excluding carboxylic acids is 3. The molecule has 0 radical (unpaired) electrons. The molecular formula is C22H32N2O6.